The second-order valence-corrected chi connectivity index (χ2v) is 5.34. The van der Waals surface area contributed by atoms with Crippen molar-refractivity contribution in [2.45, 2.75) is 30.6 Å². The molecular weight excluding hydrogens is 178 g/mol. The largest absolute Gasteiger partial charge is 0.301 e. The molecule has 0 bridgehead atoms. The van der Waals surface area contributed by atoms with Crippen molar-refractivity contribution in [1.29, 1.82) is 0 Å². The van der Waals surface area contributed by atoms with E-state index in [1.165, 1.54) is 6.92 Å². The van der Waals surface area contributed by atoms with Gasteiger partial charge in [-0.2, -0.15) is 0 Å². The van der Waals surface area contributed by atoms with Crippen LogP contribution in [0.25, 0.3) is 0 Å². The first-order chi connectivity index (χ1) is 5.37. The highest BCUT2D eigenvalue weighted by molar-refractivity contribution is 7.90. The van der Waals surface area contributed by atoms with Gasteiger partial charge in [0.2, 0.25) is 10.0 Å². The smallest absolute Gasteiger partial charge is 0.215 e. The standard InChI is InChI=1S/C7H12NO3S/c1-7(2,5-9)8-12(10,11)6-3-4-6/h5-6,8H,1,3-4H2,2H3. The van der Waals surface area contributed by atoms with Gasteiger partial charge >= 0.3 is 0 Å². The third-order valence-corrected chi connectivity index (χ3v) is 3.70. The normalized spacial score (nSPS) is 19.2. The lowest BCUT2D eigenvalue weighted by molar-refractivity contribution is -0.110. The van der Waals surface area contributed by atoms with E-state index in [2.05, 4.69) is 11.6 Å². The van der Waals surface area contributed by atoms with Gasteiger partial charge in [-0.15, -0.1) is 0 Å². The van der Waals surface area contributed by atoms with Crippen LogP contribution in [0.3, 0.4) is 0 Å². The van der Waals surface area contributed by atoms with Crippen molar-refractivity contribution in [3.05, 3.63) is 6.92 Å². The lowest BCUT2D eigenvalue weighted by Crippen LogP contribution is -2.46. The molecule has 0 amide bonds. The number of sulfonamides is 1. The molecule has 1 aliphatic rings. The molecule has 4 nitrogen and oxygen atoms in total. The summed E-state index contributed by atoms with van der Waals surface area (Å²) in [7, 11) is -3.30. The fraction of sp³-hybridized carbons (Fsp3) is 0.714. The maximum absolute atomic E-state index is 11.3. The van der Waals surface area contributed by atoms with E-state index < -0.39 is 15.6 Å². The Bertz CT molecular complexity index is 277. The van der Waals surface area contributed by atoms with E-state index in [1.807, 2.05) is 0 Å². The molecule has 5 heteroatoms. The van der Waals surface area contributed by atoms with E-state index in [0.29, 0.717) is 19.1 Å². The topological polar surface area (TPSA) is 63.2 Å². The zero-order valence-electron chi connectivity index (χ0n) is 6.91. The first-order valence-electron chi connectivity index (χ1n) is 3.72. The predicted octanol–water partition coefficient (Wildman–Crippen LogP) is -0.140. The molecule has 1 radical (unpaired) electrons. The molecule has 0 spiro atoms. The Kier molecular flexibility index (Phi) is 2.27. The highest BCUT2D eigenvalue weighted by Gasteiger charge is 2.38. The monoisotopic (exact) mass is 190 g/mol. The molecule has 1 unspecified atom stereocenters. The lowest BCUT2D eigenvalue weighted by Gasteiger charge is -2.18. The Balaban J connectivity index is 2.66. The van der Waals surface area contributed by atoms with Crippen LogP contribution in [0.4, 0.5) is 0 Å². The molecule has 1 atom stereocenters. The van der Waals surface area contributed by atoms with Gasteiger partial charge in [-0.05, 0) is 26.7 Å². The molecule has 0 aromatic carbocycles. The number of hydrogen-bond acceptors (Lipinski definition) is 3. The fourth-order valence-corrected chi connectivity index (χ4v) is 2.43. The zero-order valence-corrected chi connectivity index (χ0v) is 7.73. The van der Waals surface area contributed by atoms with Crippen molar-refractivity contribution < 1.29 is 13.2 Å². The van der Waals surface area contributed by atoms with Gasteiger partial charge in [-0.25, -0.2) is 13.1 Å². The minimum atomic E-state index is -3.30. The third-order valence-electron chi connectivity index (χ3n) is 1.60. The molecule has 0 heterocycles. The number of carbonyl (C=O) groups is 1. The average Bonchev–Trinajstić information content (AvgIpc) is 2.65. The maximum atomic E-state index is 11.3. The molecule has 1 N–H and O–H groups in total. The minimum Gasteiger partial charge on any atom is -0.301 e. The summed E-state index contributed by atoms with van der Waals surface area (Å²) in [6.07, 6.45) is 1.86. The summed E-state index contributed by atoms with van der Waals surface area (Å²) in [5.41, 5.74) is -1.22. The molecule has 1 saturated carbocycles. The maximum Gasteiger partial charge on any atom is 0.215 e. The number of hydrogen-bond donors (Lipinski definition) is 1. The first-order valence-corrected chi connectivity index (χ1v) is 5.26. The Hall–Kier alpha value is -0.420. The SMILES string of the molecule is [CH2]C(C)(C=O)NS(=O)(=O)C1CC1. The van der Waals surface area contributed by atoms with Crippen LogP contribution < -0.4 is 4.72 Å². The van der Waals surface area contributed by atoms with Gasteiger partial charge in [-0.1, -0.05) is 0 Å². The summed E-state index contributed by atoms with van der Waals surface area (Å²) in [6, 6.07) is 0. The highest BCUT2D eigenvalue weighted by Crippen LogP contribution is 2.28. The van der Waals surface area contributed by atoms with E-state index in [9.17, 15) is 13.2 Å². The van der Waals surface area contributed by atoms with Crippen LogP contribution in [-0.2, 0) is 14.8 Å². The molecule has 0 saturated heterocycles. The quantitative estimate of drug-likeness (QED) is 0.627. The Labute approximate surface area is 72.4 Å². The van der Waals surface area contributed by atoms with Crippen LogP contribution in [0.15, 0.2) is 0 Å². The van der Waals surface area contributed by atoms with Crippen LogP contribution in [0.1, 0.15) is 19.8 Å². The molecule has 0 aromatic rings. The van der Waals surface area contributed by atoms with Crippen molar-refractivity contribution in [3.8, 4) is 0 Å². The van der Waals surface area contributed by atoms with Crippen LogP contribution in [-0.4, -0.2) is 25.5 Å². The summed E-state index contributed by atoms with van der Waals surface area (Å²) in [6.45, 7) is 4.86. The van der Waals surface area contributed by atoms with Gasteiger partial charge < -0.3 is 4.79 Å². The van der Waals surface area contributed by atoms with Gasteiger partial charge in [0.1, 0.15) is 6.29 Å². The van der Waals surface area contributed by atoms with Crippen LogP contribution in [0, 0.1) is 6.92 Å². The van der Waals surface area contributed by atoms with Crippen molar-refractivity contribution >= 4 is 16.3 Å². The van der Waals surface area contributed by atoms with E-state index in [4.69, 9.17) is 0 Å². The zero-order chi connectivity index (χ0) is 9.41. The fourth-order valence-electron chi connectivity index (χ4n) is 0.811. The van der Waals surface area contributed by atoms with Gasteiger partial charge in [-0.3, -0.25) is 0 Å². The first kappa shape index (κ1) is 9.67. The molecule has 0 aromatic heterocycles. The van der Waals surface area contributed by atoms with E-state index in [0.717, 1.165) is 0 Å². The Morgan fingerprint density at radius 3 is 2.42 bits per heavy atom. The summed E-state index contributed by atoms with van der Waals surface area (Å²) in [4.78, 5) is 10.4. The van der Waals surface area contributed by atoms with Crippen LogP contribution >= 0.6 is 0 Å². The number of aldehydes is 1. The number of nitrogens with one attached hydrogen (secondary N) is 1. The van der Waals surface area contributed by atoms with Crippen LogP contribution in [0.5, 0.6) is 0 Å². The summed E-state index contributed by atoms with van der Waals surface area (Å²) >= 11 is 0. The highest BCUT2D eigenvalue weighted by atomic mass is 32.2. The van der Waals surface area contributed by atoms with Crippen molar-refractivity contribution in [2.24, 2.45) is 0 Å². The van der Waals surface area contributed by atoms with Gasteiger partial charge in [0.25, 0.3) is 0 Å². The molecule has 69 valence electrons. The van der Waals surface area contributed by atoms with Gasteiger partial charge in [0.05, 0.1) is 10.8 Å². The predicted molar refractivity (Wildman–Crippen MR) is 44.9 cm³/mol. The minimum absolute atomic E-state index is 0.307. The van der Waals surface area contributed by atoms with E-state index >= 15 is 0 Å². The summed E-state index contributed by atoms with van der Waals surface area (Å²) in [5.74, 6) is 0. The Morgan fingerprint density at radius 1 is 1.58 bits per heavy atom. The number of carbonyl (C=O) groups excluding carboxylic acids is 1. The second kappa shape index (κ2) is 2.81. The van der Waals surface area contributed by atoms with Crippen LogP contribution in [0.2, 0.25) is 0 Å². The summed E-state index contributed by atoms with van der Waals surface area (Å²) in [5, 5.41) is -0.307. The summed E-state index contributed by atoms with van der Waals surface area (Å²) < 4.78 is 24.8. The van der Waals surface area contributed by atoms with Gasteiger partial charge in [0, 0.05) is 0 Å². The molecular formula is C7H12NO3S. The molecule has 1 aliphatic carbocycles. The van der Waals surface area contributed by atoms with Gasteiger partial charge in [0.15, 0.2) is 0 Å². The van der Waals surface area contributed by atoms with Crippen molar-refractivity contribution in [2.75, 3.05) is 0 Å². The molecule has 0 aliphatic heterocycles. The van der Waals surface area contributed by atoms with E-state index in [1.54, 1.807) is 0 Å². The van der Waals surface area contributed by atoms with Crippen molar-refractivity contribution in [3.63, 3.8) is 0 Å². The second-order valence-electron chi connectivity index (χ2n) is 3.38. The molecule has 12 heavy (non-hydrogen) atoms. The molecule has 1 rings (SSSR count). The molecule has 1 fully saturated rings. The van der Waals surface area contributed by atoms with Crippen molar-refractivity contribution in [1.82, 2.24) is 4.72 Å². The van der Waals surface area contributed by atoms with E-state index in [-0.39, 0.29) is 5.25 Å². The third kappa shape index (κ3) is 2.28. The Morgan fingerprint density at radius 2 is 2.08 bits per heavy atom. The average molecular weight is 190 g/mol. The number of rotatable bonds is 4. The lowest BCUT2D eigenvalue weighted by atomic mass is 10.1.